The van der Waals surface area contributed by atoms with Crippen LogP contribution in [0.2, 0.25) is 0 Å². The van der Waals surface area contributed by atoms with E-state index in [1.165, 1.54) is 17.5 Å². The Hall–Kier alpha value is -3.25. The van der Waals surface area contributed by atoms with Crippen molar-refractivity contribution in [2.45, 2.75) is 31.9 Å². The molecule has 0 bridgehead atoms. The highest BCUT2D eigenvalue weighted by molar-refractivity contribution is 5.98. The minimum Gasteiger partial charge on any atom is -0.392 e. The number of aryl methyl sites for hydroxylation is 1. The van der Waals surface area contributed by atoms with E-state index in [2.05, 4.69) is 34.2 Å². The molecule has 1 aliphatic rings. The monoisotopic (exact) mass is 371 g/mol. The number of aliphatic hydroxyl groups is 1. The lowest BCUT2D eigenvalue weighted by molar-refractivity contribution is 0.282. The highest BCUT2D eigenvalue weighted by Crippen LogP contribution is 2.35. The molecule has 1 unspecified atom stereocenters. The number of benzene rings is 2. The van der Waals surface area contributed by atoms with E-state index in [1.54, 1.807) is 0 Å². The number of aromatic nitrogens is 4. The molecular weight excluding hydrogens is 350 g/mol. The number of aliphatic hydroxyl groups excluding tert-OH is 1. The first kappa shape index (κ1) is 16.9. The molecule has 0 fully saturated rings. The highest BCUT2D eigenvalue weighted by atomic mass is 16.3. The number of nitrogens with two attached hydrogens (primary N) is 1. The Kier molecular flexibility index (Phi) is 4.06. The minimum absolute atomic E-state index is 0.0161. The number of nitrogens with zero attached hydrogens (tertiary/aromatic N) is 4. The summed E-state index contributed by atoms with van der Waals surface area (Å²) in [6.45, 7) is 0.0161. The minimum atomic E-state index is 0.0161. The molecule has 28 heavy (non-hydrogen) atoms. The van der Waals surface area contributed by atoms with Crippen LogP contribution in [0.3, 0.4) is 0 Å². The molecule has 0 saturated heterocycles. The lowest BCUT2D eigenvalue weighted by Gasteiger charge is -2.25. The second-order valence-corrected chi connectivity index (χ2v) is 7.27. The smallest absolute Gasteiger partial charge is 0.164 e. The van der Waals surface area contributed by atoms with Crippen molar-refractivity contribution in [3.63, 3.8) is 0 Å². The quantitative estimate of drug-likeness (QED) is 0.577. The van der Waals surface area contributed by atoms with E-state index in [0.717, 1.165) is 47.1 Å². The first-order valence-corrected chi connectivity index (χ1v) is 9.50. The van der Waals surface area contributed by atoms with Gasteiger partial charge in [0.25, 0.3) is 0 Å². The van der Waals surface area contributed by atoms with Gasteiger partial charge in [0.15, 0.2) is 5.65 Å². The average Bonchev–Trinajstić information content (AvgIpc) is 3.14. The molecule has 1 atom stereocenters. The third-order valence-electron chi connectivity index (χ3n) is 5.59. The van der Waals surface area contributed by atoms with Crippen LogP contribution >= 0.6 is 0 Å². The first-order valence-electron chi connectivity index (χ1n) is 9.50. The van der Waals surface area contributed by atoms with Gasteiger partial charge in [-0.15, -0.1) is 0 Å². The summed E-state index contributed by atoms with van der Waals surface area (Å²) in [6.07, 6.45) is 4.48. The molecule has 2 aromatic heterocycles. The molecular formula is C22H21N5O. The van der Waals surface area contributed by atoms with Crippen LogP contribution in [0.25, 0.3) is 22.3 Å². The van der Waals surface area contributed by atoms with Crippen molar-refractivity contribution in [1.82, 2.24) is 19.7 Å². The molecule has 0 radical (unpaired) electrons. The van der Waals surface area contributed by atoms with Gasteiger partial charge in [0.2, 0.25) is 0 Å². The molecule has 6 nitrogen and oxygen atoms in total. The summed E-state index contributed by atoms with van der Waals surface area (Å²) in [7, 11) is 0. The van der Waals surface area contributed by atoms with Crippen molar-refractivity contribution < 1.29 is 5.11 Å². The largest absolute Gasteiger partial charge is 0.392 e. The van der Waals surface area contributed by atoms with Crippen LogP contribution in [0.15, 0.2) is 54.9 Å². The Labute approximate surface area is 162 Å². The second-order valence-electron chi connectivity index (χ2n) is 7.27. The van der Waals surface area contributed by atoms with Gasteiger partial charge in [0, 0.05) is 5.56 Å². The maximum atomic E-state index is 9.31. The van der Waals surface area contributed by atoms with Crippen LogP contribution in [0.1, 0.15) is 29.2 Å². The zero-order valence-electron chi connectivity index (χ0n) is 15.4. The highest BCUT2D eigenvalue weighted by Gasteiger charge is 2.25. The van der Waals surface area contributed by atoms with E-state index in [0.29, 0.717) is 5.82 Å². The second kappa shape index (κ2) is 6.73. The molecule has 0 amide bonds. The fourth-order valence-electron chi connectivity index (χ4n) is 4.11. The first-order chi connectivity index (χ1) is 13.7. The molecule has 0 spiro atoms. The number of anilines is 1. The van der Waals surface area contributed by atoms with Crippen molar-refractivity contribution in [3.05, 3.63) is 71.5 Å². The zero-order chi connectivity index (χ0) is 19.1. The average molecular weight is 371 g/mol. The maximum Gasteiger partial charge on any atom is 0.164 e. The van der Waals surface area contributed by atoms with Crippen LogP contribution in [-0.2, 0) is 19.4 Å². The lowest BCUT2D eigenvalue weighted by Crippen LogP contribution is -2.20. The third-order valence-corrected chi connectivity index (χ3v) is 5.59. The Bertz CT molecular complexity index is 1150. The molecule has 140 valence electrons. The fraction of sp³-hybridized carbons (Fsp3) is 0.227. The SMILES string of the molecule is Nc1ncnc2c1c(-c1ccc(CO)cc1)nn2C1CCc2ccccc2C1. The van der Waals surface area contributed by atoms with Gasteiger partial charge in [-0.25, -0.2) is 14.6 Å². The maximum absolute atomic E-state index is 9.31. The summed E-state index contributed by atoms with van der Waals surface area (Å²) in [6, 6.07) is 16.6. The molecule has 2 aromatic carbocycles. The van der Waals surface area contributed by atoms with Gasteiger partial charge in [0.1, 0.15) is 17.8 Å². The fourth-order valence-corrected chi connectivity index (χ4v) is 4.11. The van der Waals surface area contributed by atoms with Crippen LogP contribution in [0.4, 0.5) is 5.82 Å². The molecule has 4 aromatic rings. The van der Waals surface area contributed by atoms with Gasteiger partial charge in [-0.3, -0.25) is 0 Å². The standard InChI is InChI=1S/C22H21N5O/c23-21-19-20(16-7-5-14(12-28)6-8-16)26-27(22(19)25-13-24-21)18-10-9-15-3-1-2-4-17(15)11-18/h1-8,13,18,28H,9-12H2,(H2,23,24,25). The van der Waals surface area contributed by atoms with E-state index in [9.17, 15) is 5.11 Å². The number of rotatable bonds is 3. The summed E-state index contributed by atoms with van der Waals surface area (Å²) in [5.74, 6) is 0.439. The van der Waals surface area contributed by atoms with E-state index in [1.807, 2.05) is 28.9 Å². The number of fused-ring (bicyclic) bond motifs is 2. The van der Waals surface area contributed by atoms with Gasteiger partial charge in [-0.1, -0.05) is 48.5 Å². The predicted octanol–water partition coefficient (Wildman–Crippen LogP) is 3.30. The summed E-state index contributed by atoms with van der Waals surface area (Å²) in [5, 5.41) is 15.0. The number of hydrogen-bond acceptors (Lipinski definition) is 5. The normalized spacial score (nSPS) is 16.2. The van der Waals surface area contributed by atoms with Crippen molar-refractivity contribution >= 4 is 16.9 Å². The van der Waals surface area contributed by atoms with Crippen molar-refractivity contribution in [2.75, 3.05) is 5.73 Å². The Morgan fingerprint density at radius 2 is 1.82 bits per heavy atom. The van der Waals surface area contributed by atoms with E-state index >= 15 is 0 Å². The summed E-state index contributed by atoms with van der Waals surface area (Å²) < 4.78 is 2.03. The van der Waals surface area contributed by atoms with E-state index in [4.69, 9.17) is 10.8 Å². The van der Waals surface area contributed by atoms with Gasteiger partial charge >= 0.3 is 0 Å². The van der Waals surface area contributed by atoms with Crippen LogP contribution in [-0.4, -0.2) is 24.9 Å². The van der Waals surface area contributed by atoms with Crippen molar-refractivity contribution in [1.29, 1.82) is 0 Å². The molecule has 6 heteroatoms. The number of nitrogen functional groups attached to an aromatic ring is 1. The van der Waals surface area contributed by atoms with Gasteiger partial charge < -0.3 is 10.8 Å². The van der Waals surface area contributed by atoms with E-state index in [-0.39, 0.29) is 12.6 Å². The Morgan fingerprint density at radius 1 is 1.04 bits per heavy atom. The molecule has 5 rings (SSSR count). The van der Waals surface area contributed by atoms with Gasteiger partial charge in [-0.2, -0.15) is 5.10 Å². The zero-order valence-corrected chi connectivity index (χ0v) is 15.4. The molecule has 3 N–H and O–H groups in total. The van der Waals surface area contributed by atoms with Gasteiger partial charge in [0.05, 0.1) is 18.0 Å². The number of hydrogen-bond donors (Lipinski definition) is 2. The molecule has 0 aliphatic heterocycles. The predicted molar refractivity (Wildman–Crippen MR) is 109 cm³/mol. The summed E-state index contributed by atoms with van der Waals surface area (Å²) >= 11 is 0. The molecule has 0 saturated carbocycles. The van der Waals surface area contributed by atoms with Crippen LogP contribution < -0.4 is 5.73 Å². The topological polar surface area (TPSA) is 89.8 Å². The molecule has 1 aliphatic carbocycles. The van der Waals surface area contributed by atoms with Gasteiger partial charge in [-0.05, 0) is 36.0 Å². The summed E-state index contributed by atoms with van der Waals surface area (Å²) in [5.41, 5.74) is 12.4. The lowest BCUT2D eigenvalue weighted by atomic mass is 9.88. The van der Waals surface area contributed by atoms with Crippen molar-refractivity contribution in [3.8, 4) is 11.3 Å². The summed E-state index contributed by atoms with van der Waals surface area (Å²) in [4.78, 5) is 8.72. The Morgan fingerprint density at radius 3 is 2.61 bits per heavy atom. The van der Waals surface area contributed by atoms with E-state index < -0.39 is 0 Å². The van der Waals surface area contributed by atoms with Crippen LogP contribution in [0, 0.1) is 0 Å². The van der Waals surface area contributed by atoms with Crippen LogP contribution in [0.5, 0.6) is 0 Å². The molecule has 2 heterocycles. The Balaban J connectivity index is 1.63. The third kappa shape index (κ3) is 2.73. The van der Waals surface area contributed by atoms with Crippen molar-refractivity contribution in [2.24, 2.45) is 0 Å².